The maximum absolute atomic E-state index is 5.85. The Balaban J connectivity index is 1.70. The smallest absolute Gasteiger partial charge is 0.222 e. The van der Waals surface area contributed by atoms with Gasteiger partial charge in [0, 0.05) is 12.6 Å². The molecular formula is C18H21N5O2. The van der Waals surface area contributed by atoms with Crippen molar-refractivity contribution in [2.24, 2.45) is 0 Å². The largest absolute Gasteiger partial charge is 0.497 e. The summed E-state index contributed by atoms with van der Waals surface area (Å²) in [4.78, 5) is 8.54. The van der Waals surface area contributed by atoms with E-state index in [2.05, 4.69) is 20.4 Å². The molecular weight excluding hydrogens is 318 g/mol. The van der Waals surface area contributed by atoms with Crippen molar-refractivity contribution in [3.8, 4) is 17.0 Å². The number of hydrogen-bond acceptors (Lipinski definition) is 7. The fourth-order valence-corrected chi connectivity index (χ4v) is 2.66. The Morgan fingerprint density at radius 1 is 1.16 bits per heavy atom. The summed E-state index contributed by atoms with van der Waals surface area (Å²) in [6.07, 6.45) is 0.856. The van der Waals surface area contributed by atoms with Crippen molar-refractivity contribution >= 4 is 11.8 Å². The summed E-state index contributed by atoms with van der Waals surface area (Å²) in [6, 6.07) is 9.85. The molecule has 7 nitrogen and oxygen atoms in total. The van der Waals surface area contributed by atoms with Crippen molar-refractivity contribution in [2.45, 2.75) is 20.3 Å². The van der Waals surface area contributed by atoms with Gasteiger partial charge in [0.2, 0.25) is 5.95 Å². The highest BCUT2D eigenvalue weighted by atomic mass is 16.5. The van der Waals surface area contributed by atoms with E-state index >= 15 is 0 Å². The first-order valence-corrected chi connectivity index (χ1v) is 8.01. The number of methoxy groups -OCH3 is 1. The Morgan fingerprint density at radius 3 is 2.56 bits per heavy atom. The third-order valence-electron chi connectivity index (χ3n) is 3.91. The number of anilines is 2. The van der Waals surface area contributed by atoms with Crippen LogP contribution in [-0.4, -0.2) is 28.8 Å². The molecule has 0 radical (unpaired) electrons. The fourth-order valence-electron chi connectivity index (χ4n) is 2.66. The van der Waals surface area contributed by atoms with Crippen molar-refractivity contribution < 1.29 is 9.26 Å². The Kier molecular flexibility index (Phi) is 4.83. The zero-order chi connectivity index (χ0) is 17.8. The van der Waals surface area contributed by atoms with Gasteiger partial charge in [0.25, 0.3) is 0 Å². The van der Waals surface area contributed by atoms with Gasteiger partial charge in [-0.2, -0.15) is 4.98 Å². The zero-order valence-electron chi connectivity index (χ0n) is 14.5. The van der Waals surface area contributed by atoms with Crippen molar-refractivity contribution in [1.29, 1.82) is 0 Å². The molecule has 0 aliphatic heterocycles. The quantitative estimate of drug-likeness (QED) is 0.712. The molecule has 0 fully saturated rings. The Labute approximate surface area is 146 Å². The number of nitrogen functional groups attached to an aromatic ring is 1. The number of ether oxygens (including phenoxy) is 1. The summed E-state index contributed by atoms with van der Waals surface area (Å²) in [5.74, 6) is 2.45. The number of rotatable bonds is 6. The van der Waals surface area contributed by atoms with Crippen molar-refractivity contribution in [3.05, 3.63) is 47.3 Å². The minimum absolute atomic E-state index is 0.212. The third-order valence-corrected chi connectivity index (χ3v) is 3.91. The Bertz CT molecular complexity index is 839. The average molecular weight is 339 g/mol. The number of aryl methyl sites for hydroxylation is 2. The molecule has 0 saturated carbocycles. The van der Waals surface area contributed by atoms with Crippen LogP contribution in [0.5, 0.6) is 5.75 Å². The van der Waals surface area contributed by atoms with Crippen LogP contribution in [-0.2, 0) is 6.42 Å². The second kappa shape index (κ2) is 7.21. The van der Waals surface area contributed by atoms with Gasteiger partial charge in [-0.25, -0.2) is 4.98 Å². The molecule has 0 aliphatic rings. The van der Waals surface area contributed by atoms with Gasteiger partial charge in [-0.05, 0) is 38.0 Å². The van der Waals surface area contributed by atoms with Gasteiger partial charge >= 0.3 is 0 Å². The molecule has 0 saturated heterocycles. The van der Waals surface area contributed by atoms with E-state index in [0.717, 1.165) is 30.0 Å². The second-order valence-electron chi connectivity index (χ2n) is 5.72. The number of nitrogens with two attached hydrogens (primary N) is 1. The molecule has 2 heterocycles. The topological polar surface area (TPSA) is 99.1 Å². The number of hydrogen-bond donors (Lipinski definition) is 2. The van der Waals surface area contributed by atoms with Crippen LogP contribution in [0.4, 0.5) is 11.8 Å². The lowest BCUT2D eigenvalue weighted by Gasteiger charge is -2.09. The highest BCUT2D eigenvalue weighted by molar-refractivity contribution is 5.67. The summed E-state index contributed by atoms with van der Waals surface area (Å²) in [6.45, 7) is 4.45. The summed E-state index contributed by atoms with van der Waals surface area (Å²) in [5, 5.41) is 7.25. The molecule has 0 amide bonds. The molecule has 0 spiro atoms. The van der Waals surface area contributed by atoms with Crippen LogP contribution in [0.3, 0.4) is 0 Å². The van der Waals surface area contributed by atoms with Gasteiger partial charge in [0.1, 0.15) is 17.3 Å². The SMILES string of the molecule is COc1ccc(CCNc2cc(-c3c(C)noc3C)nc(N)n2)cc1. The van der Waals surface area contributed by atoms with Crippen molar-refractivity contribution in [2.75, 3.05) is 24.7 Å². The van der Waals surface area contributed by atoms with Crippen LogP contribution in [0.2, 0.25) is 0 Å². The maximum Gasteiger partial charge on any atom is 0.222 e. The van der Waals surface area contributed by atoms with Crippen LogP contribution < -0.4 is 15.8 Å². The summed E-state index contributed by atoms with van der Waals surface area (Å²) in [7, 11) is 1.66. The first kappa shape index (κ1) is 16.8. The van der Waals surface area contributed by atoms with E-state index in [0.29, 0.717) is 17.3 Å². The molecule has 25 heavy (non-hydrogen) atoms. The van der Waals surface area contributed by atoms with Crippen LogP contribution in [0, 0.1) is 13.8 Å². The van der Waals surface area contributed by atoms with Crippen LogP contribution >= 0.6 is 0 Å². The molecule has 3 rings (SSSR count). The lowest BCUT2D eigenvalue weighted by molar-refractivity contribution is 0.393. The minimum atomic E-state index is 0.212. The van der Waals surface area contributed by atoms with E-state index in [4.69, 9.17) is 15.0 Å². The number of aromatic nitrogens is 3. The highest BCUT2D eigenvalue weighted by Crippen LogP contribution is 2.27. The number of nitrogens with zero attached hydrogens (tertiary/aromatic N) is 3. The van der Waals surface area contributed by atoms with E-state index in [1.165, 1.54) is 5.56 Å². The van der Waals surface area contributed by atoms with Gasteiger partial charge in [0.15, 0.2) is 0 Å². The standard InChI is InChI=1S/C18H21N5O2/c1-11-17(12(2)25-23-11)15-10-16(22-18(19)21-15)20-9-8-13-4-6-14(24-3)7-5-13/h4-7,10H,8-9H2,1-3H3,(H3,19,20,21,22). The summed E-state index contributed by atoms with van der Waals surface area (Å²) < 4.78 is 10.4. The maximum atomic E-state index is 5.85. The van der Waals surface area contributed by atoms with E-state index in [9.17, 15) is 0 Å². The highest BCUT2D eigenvalue weighted by Gasteiger charge is 2.14. The molecule has 3 aromatic rings. The van der Waals surface area contributed by atoms with Crippen molar-refractivity contribution in [1.82, 2.24) is 15.1 Å². The molecule has 0 aliphatic carbocycles. The van der Waals surface area contributed by atoms with E-state index < -0.39 is 0 Å². The minimum Gasteiger partial charge on any atom is -0.497 e. The molecule has 2 aromatic heterocycles. The molecule has 0 unspecified atom stereocenters. The molecule has 0 atom stereocenters. The lowest BCUT2D eigenvalue weighted by Crippen LogP contribution is -2.08. The first-order valence-electron chi connectivity index (χ1n) is 8.01. The number of benzene rings is 1. The average Bonchev–Trinajstić information content (AvgIpc) is 2.93. The molecule has 3 N–H and O–H groups in total. The lowest BCUT2D eigenvalue weighted by atomic mass is 10.1. The zero-order valence-corrected chi connectivity index (χ0v) is 14.5. The van der Waals surface area contributed by atoms with E-state index in [1.807, 2.05) is 44.2 Å². The second-order valence-corrected chi connectivity index (χ2v) is 5.72. The van der Waals surface area contributed by atoms with Crippen LogP contribution in [0.15, 0.2) is 34.9 Å². The third kappa shape index (κ3) is 3.88. The molecule has 7 heteroatoms. The van der Waals surface area contributed by atoms with E-state index in [-0.39, 0.29) is 5.95 Å². The predicted octanol–water partition coefficient (Wildman–Crippen LogP) is 2.99. The predicted molar refractivity (Wildman–Crippen MR) is 96.6 cm³/mol. The van der Waals surface area contributed by atoms with Gasteiger partial charge < -0.3 is 20.3 Å². The first-order chi connectivity index (χ1) is 12.1. The summed E-state index contributed by atoms with van der Waals surface area (Å²) in [5.41, 5.74) is 9.40. The van der Waals surface area contributed by atoms with E-state index in [1.54, 1.807) is 7.11 Å². The van der Waals surface area contributed by atoms with Crippen LogP contribution in [0.25, 0.3) is 11.3 Å². The summed E-state index contributed by atoms with van der Waals surface area (Å²) >= 11 is 0. The molecule has 130 valence electrons. The molecule has 0 bridgehead atoms. The van der Waals surface area contributed by atoms with Gasteiger partial charge in [-0.3, -0.25) is 0 Å². The Morgan fingerprint density at radius 2 is 1.92 bits per heavy atom. The van der Waals surface area contributed by atoms with Crippen LogP contribution in [0.1, 0.15) is 17.0 Å². The normalized spacial score (nSPS) is 10.7. The van der Waals surface area contributed by atoms with Gasteiger partial charge in [-0.15, -0.1) is 0 Å². The fraction of sp³-hybridized carbons (Fsp3) is 0.278. The monoisotopic (exact) mass is 339 g/mol. The number of nitrogens with one attached hydrogen (secondary N) is 1. The Hall–Kier alpha value is -3.09. The van der Waals surface area contributed by atoms with Crippen molar-refractivity contribution in [3.63, 3.8) is 0 Å². The van der Waals surface area contributed by atoms with Gasteiger partial charge in [0.05, 0.1) is 24.1 Å². The van der Waals surface area contributed by atoms with Gasteiger partial charge in [-0.1, -0.05) is 17.3 Å². The molecule has 1 aromatic carbocycles.